The minimum atomic E-state index is 1.19. The molecule has 0 spiro atoms. The number of aromatic nitrogens is 1. The standard InChI is InChI=1S/C21H17N/c1-3-17-15(2)13-14-20-21(17)18-11-7-8-12-19(18)22(20)16-9-5-4-6-10-16/h3-14H,1H2,2H3. The summed E-state index contributed by atoms with van der Waals surface area (Å²) in [6.07, 6.45) is 1.97. The second kappa shape index (κ2) is 4.88. The third-order valence-corrected chi connectivity index (χ3v) is 4.32. The predicted octanol–water partition coefficient (Wildman–Crippen LogP) is 5.74. The summed E-state index contributed by atoms with van der Waals surface area (Å²) in [6.45, 7) is 6.17. The first-order valence-corrected chi connectivity index (χ1v) is 7.52. The first kappa shape index (κ1) is 12.9. The number of hydrogen-bond donors (Lipinski definition) is 0. The second-order valence-electron chi connectivity index (χ2n) is 5.58. The Balaban J connectivity index is 2.27. The molecule has 0 atom stereocenters. The Morgan fingerprint density at radius 1 is 0.818 bits per heavy atom. The van der Waals surface area contributed by atoms with Crippen LogP contribution in [0.15, 0.2) is 73.3 Å². The highest BCUT2D eigenvalue weighted by molar-refractivity contribution is 6.13. The molecular formula is C21H17N. The van der Waals surface area contributed by atoms with Gasteiger partial charge in [0.05, 0.1) is 11.0 Å². The van der Waals surface area contributed by atoms with Crippen molar-refractivity contribution in [2.45, 2.75) is 6.92 Å². The maximum absolute atomic E-state index is 4.02. The Bertz CT molecular complexity index is 991. The lowest BCUT2D eigenvalue weighted by Gasteiger charge is -2.08. The van der Waals surface area contributed by atoms with Crippen LogP contribution >= 0.6 is 0 Å². The Morgan fingerprint density at radius 2 is 1.55 bits per heavy atom. The molecular weight excluding hydrogens is 266 g/mol. The van der Waals surface area contributed by atoms with Crippen LogP contribution in [0, 0.1) is 6.92 Å². The first-order valence-electron chi connectivity index (χ1n) is 7.52. The van der Waals surface area contributed by atoms with Crippen molar-refractivity contribution < 1.29 is 0 Å². The van der Waals surface area contributed by atoms with Crippen LogP contribution in [0.3, 0.4) is 0 Å². The highest BCUT2D eigenvalue weighted by atomic mass is 15.0. The van der Waals surface area contributed by atoms with Crippen LogP contribution in [0.25, 0.3) is 33.6 Å². The third kappa shape index (κ3) is 1.72. The SMILES string of the molecule is C=Cc1c(C)ccc2c1c1ccccc1n2-c1ccccc1. The van der Waals surface area contributed by atoms with Gasteiger partial charge in [0, 0.05) is 16.5 Å². The van der Waals surface area contributed by atoms with Crippen LogP contribution in [0.5, 0.6) is 0 Å². The van der Waals surface area contributed by atoms with Crippen LogP contribution in [-0.2, 0) is 0 Å². The molecule has 1 aromatic heterocycles. The van der Waals surface area contributed by atoms with E-state index in [-0.39, 0.29) is 0 Å². The number of aryl methyl sites for hydroxylation is 1. The van der Waals surface area contributed by atoms with Crippen LogP contribution in [0.1, 0.15) is 11.1 Å². The van der Waals surface area contributed by atoms with Gasteiger partial charge in [-0.25, -0.2) is 0 Å². The molecule has 0 radical (unpaired) electrons. The molecule has 0 aliphatic rings. The van der Waals surface area contributed by atoms with Gasteiger partial charge in [-0.3, -0.25) is 0 Å². The lowest BCUT2D eigenvalue weighted by molar-refractivity contribution is 1.18. The molecule has 0 bridgehead atoms. The summed E-state index contributed by atoms with van der Waals surface area (Å²) in [5, 5.41) is 2.56. The fourth-order valence-corrected chi connectivity index (χ4v) is 3.31. The van der Waals surface area contributed by atoms with Crippen molar-refractivity contribution in [3.63, 3.8) is 0 Å². The molecule has 0 amide bonds. The van der Waals surface area contributed by atoms with Gasteiger partial charge < -0.3 is 4.57 Å². The Hall–Kier alpha value is -2.80. The molecule has 0 aliphatic carbocycles. The summed E-state index contributed by atoms with van der Waals surface area (Å²) >= 11 is 0. The van der Waals surface area contributed by atoms with Gasteiger partial charge in [0.2, 0.25) is 0 Å². The number of fused-ring (bicyclic) bond motifs is 3. The zero-order valence-electron chi connectivity index (χ0n) is 12.6. The van der Waals surface area contributed by atoms with Gasteiger partial charge in [-0.05, 0) is 42.3 Å². The molecule has 0 saturated heterocycles. The van der Waals surface area contributed by atoms with Gasteiger partial charge in [-0.15, -0.1) is 0 Å². The summed E-state index contributed by atoms with van der Waals surface area (Å²) < 4.78 is 2.33. The minimum absolute atomic E-state index is 1.19. The van der Waals surface area contributed by atoms with E-state index in [0.717, 1.165) is 0 Å². The van der Waals surface area contributed by atoms with Crippen LogP contribution in [-0.4, -0.2) is 4.57 Å². The van der Waals surface area contributed by atoms with Gasteiger partial charge in [-0.1, -0.05) is 55.1 Å². The molecule has 22 heavy (non-hydrogen) atoms. The van der Waals surface area contributed by atoms with Gasteiger partial charge >= 0.3 is 0 Å². The molecule has 3 aromatic carbocycles. The van der Waals surface area contributed by atoms with E-state index in [1.807, 2.05) is 6.08 Å². The highest BCUT2D eigenvalue weighted by Crippen LogP contribution is 2.35. The maximum atomic E-state index is 4.02. The molecule has 4 aromatic rings. The normalized spacial score (nSPS) is 11.1. The van der Waals surface area contributed by atoms with E-state index in [4.69, 9.17) is 0 Å². The van der Waals surface area contributed by atoms with E-state index in [1.165, 1.54) is 38.6 Å². The number of nitrogens with zero attached hydrogens (tertiary/aromatic N) is 1. The molecule has 0 unspecified atom stereocenters. The average Bonchev–Trinajstić information content (AvgIpc) is 2.90. The smallest absolute Gasteiger partial charge is 0.0547 e. The Morgan fingerprint density at radius 3 is 2.32 bits per heavy atom. The third-order valence-electron chi connectivity index (χ3n) is 4.32. The van der Waals surface area contributed by atoms with Gasteiger partial charge in [0.1, 0.15) is 0 Å². The molecule has 1 heteroatoms. The van der Waals surface area contributed by atoms with Crippen molar-refractivity contribution in [3.05, 3.63) is 84.4 Å². The number of hydrogen-bond acceptors (Lipinski definition) is 0. The zero-order valence-corrected chi connectivity index (χ0v) is 12.6. The second-order valence-corrected chi connectivity index (χ2v) is 5.58. The van der Waals surface area contributed by atoms with E-state index in [0.29, 0.717) is 0 Å². The summed E-state index contributed by atoms with van der Waals surface area (Å²) in [5.41, 5.74) is 6.14. The van der Waals surface area contributed by atoms with E-state index in [9.17, 15) is 0 Å². The number of para-hydroxylation sites is 2. The first-order chi connectivity index (χ1) is 10.8. The molecule has 0 fully saturated rings. The fraction of sp³-hybridized carbons (Fsp3) is 0.0476. The van der Waals surface area contributed by atoms with Crippen LogP contribution in [0.4, 0.5) is 0 Å². The van der Waals surface area contributed by atoms with Crippen molar-refractivity contribution >= 4 is 27.9 Å². The van der Waals surface area contributed by atoms with Crippen LogP contribution < -0.4 is 0 Å². The Kier molecular flexibility index (Phi) is 2.87. The van der Waals surface area contributed by atoms with Crippen molar-refractivity contribution in [3.8, 4) is 5.69 Å². The van der Waals surface area contributed by atoms with Crippen molar-refractivity contribution in [2.24, 2.45) is 0 Å². The molecule has 4 rings (SSSR count). The summed E-state index contributed by atoms with van der Waals surface area (Å²) in [5.74, 6) is 0. The molecule has 0 N–H and O–H groups in total. The van der Waals surface area contributed by atoms with E-state index in [1.54, 1.807) is 0 Å². The fourth-order valence-electron chi connectivity index (χ4n) is 3.31. The van der Waals surface area contributed by atoms with E-state index in [2.05, 4.69) is 84.8 Å². The van der Waals surface area contributed by atoms with Crippen molar-refractivity contribution in [1.29, 1.82) is 0 Å². The van der Waals surface area contributed by atoms with Gasteiger partial charge in [-0.2, -0.15) is 0 Å². The number of benzene rings is 3. The average molecular weight is 283 g/mol. The predicted molar refractivity (Wildman–Crippen MR) is 95.6 cm³/mol. The van der Waals surface area contributed by atoms with E-state index >= 15 is 0 Å². The Labute approximate surface area is 130 Å². The summed E-state index contributed by atoms with van der Waals surface area (Å²) in [7, 11) is 0. The van der Waals surface area contributed by atoms with Crippen molar-refractivity contribution in [1.82, 2.24) is 4.57 Å². The van der Waals surface area contributed by atoms with Crippen molar-refractivity contribution in [2.75, 3.05) is 0 Å². The lowest BCUT2D eigenvalue weighted by Crippen LogP contribution is -1.93. The van der Waals surface area contributed by atoms with Gasteiger partial charge in [0.25, 0.3) is 0 Å². The lowest BCUT2D eigenvalue weighted by atomic mass is 10.0. The topological polar surface area (TPSA) is 4.93 Å². The zero-order chi connectivity index (χ0) is 15.1. The maximum Gasteiger partial charge on any atom is 0.0547 e. The highest BCUT2D eigenvalue weighted by Gasteiger charge is 2.14. The van der Waals surface area contributed by atoms with Gasteiger partial charge in [0.15, 0.2) is 0 Å². The van der Waals surface area contributed by atoms with Crippen LogP contribution in [0.2, 0.25) is 0 Å². The molecule has 0 saturated carbocycles. The quantitative estimate of drug-likeness (QED) is 0.442. The minimum Gasteiger partial charge on any atom is -0.309 e. The molecule has 106 valence electrons. The molecule has 1 nitrogen and oxygen atoms in total. The molecule has 0 aliphatic heterocycles. The largest absolute Gasteiger partial charge is 0.309 e. The monoisotopic (exact) mass is 283 g/mol. The molecule has 1 heterocycles. The summed E-state index contributed by atoms with van der Waals surface area (Å²) in [4.78, 5) is 0. The van der Waals surface area contributed by atoms with E-state index < -0.39 is 0 Å². The summed E-state index contributed by atoms with van der Waals surface area (Å²) in [6, 6.07) is 23.5. The number of rotatable bonds is 2.